The summed E-state index contributed by atoms with van der Waals surface area (Å²) in [6.45, 7) is 0.523. The molecule has 32 heavy (non-hydrogen) atoms. The number of carbonyl (C=O) groups excluding carboxylic acids is 2. The number of benzene rings is 3. The Kier molecular flexibility index (Phi) is 5.71. The summed E-state index contributed by atoms with van der Waals surface area (Å²) in [5.74, 6) is 6.13. The quantitative estimate of drug-likeness (QED) is 0.348. The highest BCUT2D eigenvalue weighted by Gasteiger charge is 2.25. The van der Waals surface area contributed by atoms with E-state index in [4.69, 9.17) is 11.6 Å². The minimum absolute atomic E-state index is 0.343. The van der Waals surface area contributed by atoms with Crippen LogP contribution in [0.15, 0.2) is 81.4 Å². The summed E-state index contributed by atoms with van der Waals surface area (Å²) in [7, 11) is 0. The van der Waals surface area contributed by atoms with Gasteiger partial charge >= 0.3 is 0 Å². The topological polar surface area (TPSA) is 49.4 Å². The number of carbonyl (C=O) groups is 2. The van der Waals surface area contributed by atoms with Gasteiger partial charge in [-0.2, -0.15) is 0 Å². The molecule has 0 atom stereocenters. The number of thioether (sulfide) groups is 1. The molecule has 3 aromatic rings. The van der Waals surface area contributed by atoms with Crippen molar-refractivity contribution in [2.24, 2.45) is 0 Å². The predicted octanol–water partition coefficient (Wildman–Crippen LogP) is 6.32. The van der Waals surface area contributed by atoms with Gasteiger partial charge in [0.1, 0.15) is 0 Å². The van der Waals surface area contributed by atoms with Crippen LogP contribution in [0.4, 0.5) is 16.2 Å². The fourth-order valence-corrected chi connectivity index (χ4v) is 5.35. The Balaban J connectivity index is 1.37. The summed E-state index contributed by atoms with van der Waals surface area (Å²) in [4.78, 5) is 27.9. The van der Waals surface area contributed by atoms with Crippen molar-refractivity contribution < 1.29 is 9.59 Å². The van der Waals surface area contributed by atoms with Crippen molar-refractivity contribution in [2.75, 3.05) is 11.4 Å². The minimum atomic E-state index is -0.357. The molecular formula is C25H15ClN2O2S2. The lowest BCUT2D eigenvalue weighted by molar-refractivity contribution is -0.115. The molecule has 7 heteroatoms. The third kappa shape index (κ3) is 4.28. The second-order valence-electron chi connectivity index (χ2n) is 7.04. The van der Waals surface area contributed by atoms with E-state index in [2.05, 4.69) is 34.2 Å². The third-order valence-corrected chi connectivity index (χ3v) is 7.08. The van der Waals surface area contributed by atoms with E-state index in [1.807, 2.05) is 54.6 Å². The fraction of sp³-hybridized carbons (Fsp3) is 0.0400. The molecule has 1 saturated heterocycles. The van der Waals surface area contributed by atoms with E-state index in [1.54, 1.807) is 17.8 Å². The second-order valence-corrected chi connectivity index (χ2v) is 9.58. The SMILES string of the molecule is O=C1NC(=O)/C(=C\c2ccc(C#CCN3c4ccccc4Sc4ccc(Cl)cc43)cc2)S1. The van der Waals surface area contributed by atoms with Crippen LogP contribution in [0.2, 0.25) is 5.02 Å². The van der Waals surface area contributed by atoms with Crippen LogP contribution in [0, 0.1) is 11.8 Å². The van der Waals surface area contributed by atoms with E-state index in [0.717, 1.165) is 39.2 Å². The highest BCUT2D eigenvalue weighted by Crippen LogP contribution is 2.48. The zero-order valence-electron chi connectivity index (χ0n) is 16.6. The molecule has 0 unspecified atom stereocenters. The van der Waals surface area contributed by atoms with Gasteiger partial charge in [-0.25, -0.2) is 0 Å². The highest BCUT2D eigenvalue weighted by molar-refractivity contribution is 8.18. The molecule has 5 rings (SSSR count). The Bertz CT molecular complexity index is 1340. The normalized spacial score (nSPS) is 15.7. The highest BCUT2D eigenvalue weighted by atomic mass is 35.5. The summed E-state index contributed by atoms with van der Waals surface area (Å²) in [6.07, 6.45) is 1.70. The Morgan fingerprint density at radius 1 is 0.938 bits per heavy atom. The van der Waals surface area contributed by atoms with Gasteiger partial charge in [0.15, 0.2) is 0 Å². The molecule has 0 bridgehead atoms. The van der Waals surface area contributed by atoms with Crippen molar-refractivity contribution in [2.45, 2.75) is 9.79 Å². The molecule has 2 aliphatic rings. The number of imide groups is 1. The molecule has 0 aromatic heterocycles. The average molecular weight is 475 g/mol. The Morgan fingerprint density at radius 2 is 1.72 bits per heavy atom. The maximum atomic E-state index is 11.7. The number of nitrogens with zero attached hydrogens (tertiary/aromatic N) is 1. The number of nitrogens with one attached hydrogen (secondary N) is 1. The number of anilines is 2. The molecule has 1 N–H and O–H groups in total. The molecule has 156 valence electrons. The van der Waals surface area contributed by atoms with Gasteiger partial charge in [0.25, 0.3) is 11.1 Å². The van der Waals surface area contributed by atoms with Crippen LogP contribution in [0.3, 0.4) is 0 Å². The van der Waals surface area contributed by atoms with Gasteiger partial charge < -0.3 is 4.90 Å². The Hall–Kier alpha value is -3.11. The van der Waals surface area contributed by atoms with E-state index in [0.29, 0.717) is 16.5 Å². The first-order valence-corrected chi connectivity index (χ1v) is 11.8. The number of fused-ring (bicyclic) bond motifs is 2. The summed E-state index contributed by atoms with van der Waals surface area (Å²) >= 11 is 8.91. The molecule has 2 amide bonds. The summed E-state index contributed by atoms with van der Waals surface area (Å²) in [5.41, 5.74) is 3.89. The van der Waals surface area contributed by atoms with E-state index >= 15 is 0 Å². The van der Waals surface area contributed by atoms with Crippen LogP contribution >= 0.6 is 35.1 Å². The standard InChI is InChI=1S/C25H15ClN2O2S2/c26-18-11-12-22-20(15-18)28(19-5-1-2-6-21(19)31-22)13-3-4-16-7-9-17(10-8-16)14-23-24(29)27-25(30)32-23/h1-2,5-12,14-15H,13H2,(H,27,29,30)/b23-14+. The number of para-hydroxylation sites is 1. The van der Waals surface area contributed by atoms with Gasteiger partial charge in [0, 0.05) is 20.4 Å². The van der Waals surface area contributed by atoms with E-state index in [9.17, 15) is 9.59 Å². The summed E-state index contributed by atoms with van der Waals surface area (Å²) < 4.78 is 0. The minimum Gasteiger partial charge on any atom is -0.328 e. The zero-order chi connectivity index (χ0) is 22.1. The van der Waals surface area contributed by atoms with Crippen molar-refractivity contribution >= 4 is 63.7 Å². The molecule has 0 saturated carbocycles. The third-order valence-electron chi connectivity index (χ3n) is 4.91. The molecule has 2 heterocycles. The first-order valence-electron chi connectivity index (χ1n) is 9.74. The lowest BCUT2D eigenvalue weighted by atomic mass is 10.1. The zero-order valence-corrected chi connectivity index (χ0v) is 19.0. The van der Waals surface area contributed by atoms with Crippen LogP contribution in [0.1, 0.15) is 11.1 Å². The molecule has 4 nitrogen and oxygen atoms in total. The lowest BCUT2D eigenvalue weighted by Crippen LogP contribution is -2.20. The van der Waals surface area contributed by atoms with E-state index < -0.39 is 0 Å². The maximum Gasteiger partial charge on any atom is 0.290 e. The maximum absolute atomic E-state index is 11.7. The van der Waals surface area contributed by atoms with Crippen molar-refractivity contribution in [1.29, 1.82) is 0 Å². The monoisotopic (exact) mass is 474 g/mol. The lowest BCUT2D eigenvalue weighted by Gasteiger charge is -2.31. The second kappa shape index (κ2) is 8.79. The van der Waals surface area contributed by atoms with Gasteiger partial charge in [-0.05, 0) is 65.9 Å². The van der Waals surface area contributed by atoms with E-state index in [-0.39, 0.29) is 11.1 Å². The van der Waals surface area contributed by atoms with Crippen LogP contribution in [-0.4, -0.2) is 17.7 Å². The molecule has 1 fully saturated rings. The van der Waals surface area contributed by atoms with Gasteiger partial charge in [-0.1, -0.05) is 59.5 Å². The first-order chi connectivity index (χ1) is 15.6. The number of halogens is 1. The van der Waals surface area contributed by atoms with Crippen molar-refractivity contribution in [3.8, 4) is 11.8 Å². The molecular weight excluding hydrogens is 460 g/mol. The Morgan fingerprint density at radius 3 is 2.50 bits per heavy atom. The number of hydrogen-bond acceptors (Lipinski definition) is 5. The summed E-state index contributed by atoms with van der Waals surface area (Å²) in [6, 6.07) is 21.8. The number of amides is 2. The largest absolute Gasteiger partial charge is 0.328 e. The molecule has 3 aromatic carbocycles. The van der Waals surface area contributed by atoms with Gasteiger partial charge in [-0.3, -0.25) is 14.9 Å². The van der Waals surface area contributed by atoms with Crippen molar-refractivity contribution in [1.82, 2.24) is 5.32 Å². The Labute approximate surface area is 199 Å². The number of rotatable bonds is 2. The molecule has 0 aliphatic carbocycles. The smallest absolute Gasteiger partial charge is 0.290 e. The van der Waals surface area contributed by atoms with E-state index in [1.165, 1.54) is 4.90 Å². The average Bonchev–Trinajstić information content (AvgIpc) is 3.11. The first kappa shape index (κ1) is 20.8. The summed E-state index contributed by atoms with van der Waals surface area (Å²) in [5, 5.41) is 2.61. The molecule has 2 aliphatic heterocycles. The van der Waals surface area contributed by atoms with Crippen molar-refractivity contribution in [3.63, 3.8) is 0 Å². The van der Waals surface area contributed by atoms with Gasteiger partial charge in [0.2, 0.25) is 0 Å². The van der Waals surface area contributed by atoms with Crippen LogP contribution in [0.5, 0.6) is 0 Å². The molecule has 0 radical (unpaired) electrons. The molecule has 0 spiro atoms. The predicted molar refractivity (Wildman–Crippen MR) is 131 cm³/mol. The van der Waals surface area contributed by atoms with Gasteiger partial charge in [-0.15, -0.1) is 0 Å². The fourth-order valence-electron chi connectivity index (χ4n) is 3.43. The van der Waals surface area contributed by atoms with Gasteiger partial charge in [0.05, 0.1) is 22.8 Å². The van der Waals surface area contributed by atoms with Crippen LogP contribution in [0.25, 0.3) is 6.08 Å². The van der Waals surface area contributed by atoms with Crippen LogP contribution < -0.4 is 10.2 Å². The number of hydrogen-bond donors (Lipinski definition) is 1. The van der Waals surface area contributed by atoms with Crippen LogP contribution in [-0.2, 0) is 4.79 Å². The van der Waals surface area contributed by atoms with Crippen molar-refractivity contribution in [3.05, 3.63) is 87.8 Å².